The number of hydrogen-bond donors (Lipinski definition) is 1. The first-order valence-corrected chi connectivity index (χ1v) is 3.98. The Labute approximate surface area is 66.4 Å². The molecule has 68 valence electrons. The van der Waals surface area contributed by atoms with E-state index in [4.69, 9.17) is 5.11 Å². The highest BCUT2D eigenvalue weighted by atomic mass is 19.3. The second-order valence-corrected chi connectivity index (χ2v) is 3.25. The molecule has 0 aliphatic rings. The van der Waals surface area contributed by atoms with Gasteiger partial charge in [0.2, 0.25) is 6.43 Å². The average Bonchev–Trinajstić information content (AvgIpc) is 1.82. The molecule has 11 heavy (non-hydrogen) atoms. The van der Waals surface area contributed by atoms with Crippen molar-refractivity contribution in [3.8, 4) is 0 Å². The molecule has 1 atom stereocenters. The zero-order valence-electron chi connectivity index (χ0n) is 7.06. The van der Waals surface area contributed by atoms with E-state index in [1.165, 1.54) is 0 Å². The quantitative estimate of drug-likeness (QED) is 0.665. The van der Waals surface area contributed by atoms with Gasteiger partial charge in [-0.3, -0.25) is 0 Å². The van der Waals surface area contributed by atoms with Crippen molar-refractivity contribution in [1.29, 1.82) is 0 Å². The van der Waals surface area contributed by atoms with E-state index in [1.54, 1.807) is 0 Å². The maximum atomic E-state index is 11.6. The third-order valence-electron chi connectivity index (χ3n) is 1.46. The van der Waals surface area contributed by atoms with Gasteiger partial charge < -0.3 is 5.11 Å². The molecule has 1 unspecified atom stereocenters. The van der Waals surface area contributed by atoms with Crippen molar-refractivity contribution in [2.75, 3.05) is 0 Å². The van der Waals surface area contributed by atoms with Crippen LogP contribution in [-0.2, 0) is 0 Å². The fraction of sp³-hybridized carbons (Fsp3) is 1.00. The van der Waals surface area contributed by atoms with Crippen LogP contribution in [0.4, 0.5) is 8.78 Å². The minimum Gasteiger partial charge on any atom is -0.393 e. The first kappa shape index (κ1) is 10.8. The third-order valence-corrected chi connectivity index (χ3v) is 1.46. The zero-order chi connectivity index (χ0) is 8.85. The van der Waals surface area contributed by atoms with Crippen molar-refractivity contribution in [2.24, 2.45) is 5.92 Å². The predicted octanol–water partition coefficient (Wildman–Crippen LogP) is 2.44. The molecule has 0 aromatic heterocycles. The highest BCUT2D eigenvalue weighted by Crippen LogP contribution is 2.12. The predicted molar refractivity (Wildman–Crippen MR) is 40.7 cm³/mol. The van der Waals surface area contributed by atoms with E-state index in [9.17, 15) is 8.78 Å². The Bertz CT molecular complexity index is 94.1. The van der Waals surface area contributed by atoms with Crippen molar-refractivity contribution in [1.82, 2.24) is 0 Å². The lowest BCUT2D eigenvalue weighted by Crippen LogP contribution is -2.11. The van der Waals surface area contributed by atoms with Gasteiger partial charge in [-0.25, -0.2) is 8.78 Å². The first-order valence-electron chi connectivity index (χ1n) is 3.98. The number of aliphatic hydroxyl groups is 1. The van der Waals surface area contributed by atoms with Gasteiger partial charge in [-0.05, 0) is 18.8 Å². The lowest BCUT2D eigenvalue weighted by molar-refractivity contribution is 0.0862. The van der Waals surface area contributed by atoms with Crippen LogP contribution in [0.25, 0.3) is 0 Å². The normalized spacial score (nSPS) is 14.5. The molecule has 1 N–H and O–H groups in total. The number of rotatable bonds is 5. The van der Waals surface area contributed by atoms with Crippen molar-refractivity contribution in [3.63, 3.8) is 0 Å². The van der Waals surface area contributed by atoms with Crippen LogP contribution in [0.15, 0.2) is 0 Å². The fourth-order valence-corrected chi connectivity index (χ4v) is 0.980. The van der Waals surface area contributed by atoms with E-state index in [-0.39, 0.29) is 12.8 Å². The Kier molecular flexibility index (Phi) is 5.38. The van der Waals surface area contributed by atoms with Gasteiger partial charge in [0.05, 0.1) is 6.10 Å². The monoisotopic (exact) mass is 166 g/mol. The summed E-state index contributed by atoms with van der Waals surface area (Å²) in [6.45, 7) is 3.93. The maximum Gasteiger partial charge on any atom is 0.238 e. The molecule has 0 saturated heterocycles. The Morgan fingerprint density at radius 3 is 2.09 bits per heavy atom. The van der Waals surface area contributed by atoms with Crippen molar-refractivity contribution >= 4 is 0 Å². The molecule has 0 spiro atoms. The van der Waals surface area contributed by atoms with Crippen LogP contribution in [0.3, 0.4) is 0 Å². The highest BCUT2D eigenvalue weighted by Gasteiger charge is 2.10. The first-order chi connectivity index (χ1) is 5.02. The Hall–Kier alpha value is -0.180. The van der Waals surface area contributed by atoms with Crippen LogP contribution in [0.1, 0.15) is 33.1 Å². The molecule has 0 aromatic rings. The lowest BCUT2D eigenvalue weighted by atomic mass is 10.0. The summed E-state index contributed by atoms with van der Waals surface area (Å²) in [4.78, 5) is 0. The molecular weight excluding hydrogens is 150 g/mol. The van der Waals surface area contributed by atoms with Gasteiger partial charge in [0.1, 0.15) is 0 Å². The number of alkyl halides is 2. The highest BCUT2D eigenvalue weighted by molar-refractivity contribution is 4.58. The summed E-state index contributed by atoms with van der Waals surface area (Å²) >= 11 is 0. The van der Waals surface area contributed by atoms with Gasteiger partial charge in [0, 0.05) is 6.42 Å². The molecule has 0 aromatic carbocycles. The molecule has 0 saturated carbocycles. The van der Waals surface area contributed by atoms with Crippen molar-refractivity contribution in [3.05, 3.63) is 0 Å². The molecule has 0 fully saturated rings. The van der Waals surface area contributed by atoms with Gasteiger partial charge in [-0.2, -0.15) is 0 Å². The van der Waals surface area contributed by atoms with Crippen LogP contribution in [0.5, 0.6) is 0 Å². The molecular formula is C8H16F2O. The molecule has 0 radical (unpaired) electrons. The summed E-state index contributed by atoms with van der Waals surface area (Å²) in [6, 6.07) is 0. The summed E-state index contributed by atoms with van der Waals surface area (Å²) in [6.07, 6.45) is -2.18. The van der Waals surface area contributed by atoms with E-state index in [0.29, 0.717) is 12.3 Å². The summed E-state index contributed by atoms with van der Waals surface area (Å²) in [5, 5.41) is 9.14. The largest absolute Gasteiger partial charge is 0.393 e. The standard InChI is InChI=1S/C8H16F2O/c1-6(2)5-7(11)3-4-8(9)10/h6-8,11H,3-5H2,1-2H3. The summed E-state index contributed by atoms with van der Waals surface area (Å²) in [5.41, 5.74) is 0. The average molecular weight is 166 g/mol. The van der Waals surface area contributed by atoms with E-state index in [1.807, 2.05) is 13.8 Å². The molecule has 0 bridgehead atoms. The fourth-order valence-electron chi connectivity index (χ4n) is 0.980. The van der Waals surface area contributed by atoms with Gasteiger partial charge in [0.25, 0.3) is 0 Å². The van der Waals surface area contributed by atoms with Gasteiger partial charge in [-0.15, -0.1) is 0 Å². The van der Waals surface area contributed by atoms with Gasteiger partial charge in [0.15, 0.2) is 0 Å². The molecule has 0 heterocycles. The number of halogens is 2. The molecule has 0 aliphatic heterocycles. The number of aliphatic hydroxyl groups excluding tert-OH is 1. The van der Waals surface area contributed by atoms with Gasteiger partial charge in [-0.1, -0.05) is 13.8 Å². The lowest BCUT2D eigenvalue weighted by Gasteiger charge is -2.11. The zero-order valence-corrected chi connectivity index (χ0v) is 7.06. The molecule has 0 rings (SSSR count). The minimum atomic E-state index is -2.28. The molecule has 1 nitrogen and oxygen atoms in total. The van der Waals surface area contributed by atoms with Gasteiger partial charge >= 0.3 is 0 Å². The van der Waals surface area contributed by atoms with Crippen molar-refractivity contribution < 1.29 is 13.9 Å². The Balaban J connectivity index is 3.29. The van der Waals surface area contributed by atoms with E-state index >= 15 is 0 Å². The van der Waals surface area contributed by atoms with E-state index < -0.39 is 12.5 Å². The van der Waals surface area contributed by atoms with Crippen LogP contribution in [-0.4, -0.2) is 17.6 Å². The number of hydrogen-bond acceptors (Lipinski definition) is 1. The SMILES string of the molecule is CC(C)CC(O)CCC(F)F. The van der Waals surface area contributed by atoms with E-state index in [0.717, 1.165) is 0 Å². The van der Waals surface area contributed by atoms with Crippen LogP contribution in [0, 0.1) is 5.92 Å². The Morgan fingerprint density at radius 2 is 1.73 bits per heavy atom. The smallest absolute Gasteiger partial charge is 0.238 e. The van der Waals surface area contributed by atoms with Crippen LogP contribution < -0.4 is 0 Å². The van der Waals surface area contributed by atoms with Crippen LogP contribution in [0.2, 0.25) is 0 Å². The minimum absolute atomic E-state index is 0.187. The third kappa shape index (κ3) is 7.72. The molecule has 0 amide bonds. The maximum absolute atomic E-state index is 11.6. The second-order valence-electron chi connectivity index (χ2n) is 3.25. The Morgan fingerprint density at radius 1 is 1.18 bits per heavy atom. The van der Waals surface area contributed by atoms with Crippen LogP contribution >= 0.6 is 0 Å². The molecule has 0 aliphatic carbocycles. The molecule has 3 heteroatoms. The van der Waals surface area contributed by atoms with Crippen molar-refractivity contribution in [2.45, 2.75) is 45.6 Å². The summed E-state index contributed by atoms with van der Waals surface area (Å²) < 4.78 is 23.2. The topological polar surface area (TPSA) is 20.2 Å². The summed E-state index contributed by atoms with van der Waals surface area (Å²) in [7, 11) is 0. The summed E-state index contributed by atoms with van der Waals surface area (Å²) in [5.74, 6) is 0.377. The van der Waals surface area contributed by atoms with E-state index in [2.05, 4.69) is 0 Å². The second kappa shape index (κ2) is 5.47.